The number of nitrogens with one attached hydrogen (secondary N) is 1. The van der Waals surface area contributed by atoms with Crippen molar-refractivity contribution >= 4 is 5.91 Å². The Balaban J connectivity index is 2.83. The van der Waals surface area contributed by atoms with Crippen LogP contribution in [0.2, 0.25) is 0 Å². The number of hydrogen-bond donors (Lipinski definition) is 3. The molecule has 0 unspecified atom stereocenters. The van der Waals surface area contributed by atoms with Crippen molar-refractivity contribution in [3.63, 3.8) is 0 Å². The number of aliphatic hydroxyl groups is 2. The van der Waals surface area contributed by atoms with Crippen molar-refractivity contribution in [2.24, 2.45) is 0 Å². The molecule has 0 heterocycles. The normalized spacial score (nSPS) is 10.6. The number of carbonyl (C=O) groups is 1. The van der Waals surface area contributed by atoms with Crippen molar-refractivity contribution in [2.75, 3.05) is 13.2 Å². The molecule has 0 fully saturated rings. The van der Waals surface area contributed by atoms with Crippen molar-refractivity contribution in [1.82, 2.24) is 5.32 Å². The van der Waals surface area contributed by atoms with Crippen LogP contribution in [0.3, 0.4) is 0 Å². The highest BCUT2D eigenvalue weighted by molar-refractivity contribution is 5.94. The van der Waals surface area contributed by atoms with Gasteiger partial charge in [-0.05, 0) is 18.2 Å². The standard InChI is InChI=1S/C10H11F2NO3/c11-6-1-2-9(12)8(3-6)10(16)13-7(4-14)5-15/h1-3,7,14-15H,4-5H2,(H,13,16). The molecule has 1 aromatic rings. The SMILES string of the molecule is O=C(NC(CO)CO)c1cc(F)ccc1F. The molecular weight excluding hydrogens is 220 g/mol. The summed E-state index contributed by atoms with van der Waals surface area (Å²) in [5.41, 5.74) is -0.466. The van der Waals surface area contributed by atoms with Gasteiger partial charge in [0, 0.05) is 0 Å². The summed E-state index contributed by atoms with van der Waals surface area (Å²) < 4.78 is 25.9. The summed E-state index contributed by atoms with van der Waals surface area (Å²) in [7, 11) is 0. The van der Waals surface area contributed by atoms with Gasteiger partial charge in [-0.15, -0.1) is 0 Å². The highest BCUT2D eigenvalue weighted by atomic mass is 19.1. The summed E-state index contributed by atoms with van der Waals surface area (Å²) in [6, 6.07) is 1.57. The summed E-state index contributed by atoms with van der Waals surface area (Å²) in [5, 5.41) is 19.6. The Morgan fingerprint density at radius 3 is 2.50 bits per heavy atom. The van der Waals surface area contributed by atoms with E-state index in [1.54, 1.807) is 0 Å². The van der Waals surface area contributed by atoms with Crippen molar-refractivity contribution in [3.05, 3.63) is 35.4 Å². The van der Waals surface area contributed by atoms with Gasteiger partial charge in [-0.3, -0.25) is 4.79 Å². The summed E-state index contributed by atoms with van der Waals surface area (Å²) in [4.78, 5) is 11.4. The minimum Gasteiger partial charge on any atom is -0.394 e. The smallest absolute Gasteiger partial charge is 0.254 e. The molecule has 0 saturated heterocycles. The van der Waals surface area contributed by atoms with E-state index in [2.05, 4.69) is 5.32 Å². The van der Waals surface area contributed by atoms with Crippen molar-refractivity contribution in [2.45, 2.75) is 6.04 Å². The van der Waals surface area contributed by atoms with E-state index in [1.165, 1.54) is 0 Å². The Morgan fingerprint density at radius 1 is 1.31 bits per heavy atom. The Hall–Kier alpha value is -1.53. The molecule has 0 aliphatic carbocycles. The first kappa shape index (κ1) is 12.5. The Labute approximate surface area is 90.5 Å². The first-order valence-corrected chi connectivity index (χ1v) is 4.56. The number of aliphatic hydroxyl groups excluding tert-OH is 2. The second-order valence-electron chi connectivity index (χ2n) is 3.16. The van der Waals surface area contributed by atoms with E-state index in [0.717, 1.165) is 18.2 Å². The van der Waals surface area contributed by atoms with E-state index in [4.69, 9.17) is 10.2 Å². The van der Waals surface area contributed by atoms with Crippen LogP contribution in [0.4, 0.5) is 8.78 Å². The molecule has 3 N–H and O–H groups in total. The van der Waals surface area contributed by atoms with Gasteiger partial charge in [-0.1, -0.05) is 0 Å². The zero-order valence-electron chi connectivity index (χ0n) is 8.28. The molecule has 4 nitrogen and oxygen atoms in total. The van der Waals surface area contributed by atoms with Crippen LogP contribution in [0.5, 0.6) is 0 Å². The lowest BCUT2D eigenvalue weighted by molar-refractivity contribution is 0.0875. The molecule has 88 valence electrons. The Bertz CT molecular complexity index is 380. The predicted octanol–water partition coefficient (Wildman–Crippen LogP) is 0.0478. The van der Waals surface area contributed by atoms with Gasteiger partial charge in [0.2, 0.25) is 0 Å². The molecule has 0 bridgehead atoms. The van der Waals surface area contributed by atoms with Crippen LogP contribution in [0, 0.1) is 11.6 Å². The Kier molecular flexibility index (Phi) is 4.33. The number of carbonyl (C=O) groups excluding carboxylic acids is 1. The third kappa shape index (κ3) is 2.98. The maximum absolute atomic E-state index is 13.1. The lowest BCUT2D eigenvalue weighted by atomic mass is 10.2. The number of halogens is 2. The molecule has 1 rings (SSSR count). The van der Waals surface area contributed by atoms with Crippen LogP contribution in [-0.2, 0) is 0 Å². The minimum absolute atomic E-state index is 0.466. The second kappa shape index (κ2) is 5.53. The fourth-order valence-electron chi connectivity index (χ4n) is 1.08. The van der Waals surface area contributed by atoms with Crippen LogP contribution >= 0.6 is 0 Å². The minimum atomic E-state index is -0.893. The average Bonchev–Trinajstić information content (AvgIpc) is 2.28. The van der Waals surface area contributed by atoms with Gasteiger partial charge in [-0.2, -0.15) is 0 Å². The molecule has 1 aromatic carbocycles. The molecule has 0 aliphatic heterocycles. The first-order valence-electron chi connectivity index (χ1n) is 4.56. The predicted molar refractivity (Wildman–Crippen MR) is 51.8 cm³/mol. The molecule has 1 amide bonds. The van der Waals surface area contributed by atoms with Crippen molar-refractivity contribution < 1.29 is 23.8 Å². The second-order valence-corrected chi connectivity index (χ2v) is 3.16. The fraction of sp³-hybridized carbons (Fsp3) is 0.300. The van der Waals surface area contributed by atoms with Crippen LogP contribution < -0.4 is 5.32 Å². The highest BCUT2D eigenvalue weighted by Crippen LogP contribution is 2.09. The maximum Gasteiger partial charge on any atom is 0.254 e. The number of rotatable bonds is 4. The fourth-order valence-corrected chi connectivity index (χ4v) is 1.08. The van der Waals surface area contributed by atoms with Gasteiger partial charge in [0.05, 0.1) is 24.8 Å². The van der Waals surface area contributed by atoms with Crippen LogP contribution in [-0.4, -0.2) is 35.4 Å². The molecule has 0 spiro atoms. The summed E-state index contributed by atoms with van der Waals surface area (Å²) in [6.45, 7) is -0.974. The van der Waals surface area contributed by atoms with E-state index in [9.17, 15) is 13.6 Å². The highest BCUT2D eigenvalue weighted by Gasteiger charge is 2.16. The zero-order valence-corrected chi connectivity index (χ0v) is 8.28. The number of hydrogen-bond acceptors (Lipinski definition) is 3. The molecule has 16 heavy (non-hydrogen) atoms. The summed E-state index contributed by atoms with van der Waals surface area (Å²) >= 11 is 0. The third-order valence-corrected chi connectivity index (χ3v) is 1.95. The van der Waals surface area contributed by atoms with E-state index in [1.807, 2.05) is 0 Å². The van der Waals surface area contributed by atoms with E-state index in [0.29, 0.717) is 0 Å². The first-order chi connectivity index (χ1) is 7.58. The summed E-state index contributed by atoms with van der Waals surface area (Å²) in [6.07, 6.45) is 0. The molecule has 0 aliphatic rings. The Morgan fingerprint density at radius 2 is 1.94 bits per heavy atom. The van der Waals surface area contributed by atoms with Gasteiger partial charge < -0.3 is 15.5 Å². The molecule has 0 aromatic heterocycles. The number of amides is 1. The molecule has 0 radical (unpaired) electrons. The topological polar surface area (TPSA) is 69.6 Å². The average molecular weight is 231 g/mol. The molecule has 6 heteroatoms. The third-order valence-electron chi connectivity index (χ3n) is 1.95. The van der Waals surface area contributed by atoms with Gasteiger partial charge >= 0.3 is 0 Å². The lowest BCUT2D eigenvalue weighted by Gasteiger charge is -2.13. The van der Waals surface area contributed by atoms with E-state index < -0.39 is 42.4 Å². The van der Waals surface area contributed by atoms with Crippen molar-refractivity contribution in [3.8, 4) is 0 Å². The van der Waals surface area contributed by atoms with Crippen LogP contribution in [0.25, 0.3) is 0 Å². The van der Waals surface area contributed by atoms with E-state index in [-0.39, 0.29) is 0 Å². The van der Waals surface area contributed by atoms with Gasteiger partial charge in [0.25, 0.3) is 5.91 Å². The van der Waals surface area contributed by atoms with Crippen LogP contribution in [0.1, 0.15) is 10.4 Å². The lowest BCUT2D eigenvalue weighted by Crippen LogP contribution is -2.40. The van der Waals surface area contributed by atoms with Gasteiger partial charge in [0.1, 0.15) is 11.6 Å². The molecule has 0 saturated carbocycles. The number of benzene rings is 1. The zero-order chi connectivity index (χ0) is 12.1. The largest absolute Gasteiger partial charge is 0.394 e. The van der Waals surface area contributed by atoms with Gasteiger partial charge in [0.15, 0.2) is 0 Å². The van der Waals surface area contributed by atoms with Gasteiger partial charge in [-0.25, -0.2) is 8.78 Å². The molecular formula is C10H11F2NO3. The maximum atomic E-state index is 13.1. The monoisotopic (exact) mass is 231 g/mol. The van der Waals surface area contributed by atoms with Crippen molar-refractivity contribution in [1.29, 1.82) is 0 Å². The van der Waals surface area contributed by atoms with Crippen LogP contribution in [0.15, 0.2) is 18.2 Å². The quantitative estimate of drug-likeness (QED) is 0.685. The summed E-state index contributed by atoms with van der Waals surface area (Å²) in [5.74, 6) is -2.49. The molecule has 0 atom stereocenters. The van der Waals surface area contributed by atoms with E-state index >= 15 is 0 Å².